The van der Waals surface area contributed by atoms with Gasteiger partial charge in [-0.15, -0.1) is 0 Å². The molecule has 0 radical (unpaired) electrons. The maximum Gasteiger partial charge on any atom is 0.238 e. The molecule has 0 atom stereocenters. The van der Waals surface area contributed by atoms with Crippen LogP contribution in [0.2, 0.25) is 0 Å². The van der Waals surface area contributed by atoms with Gasteiger partial charge in [-0.3, -0.25) is 9.78 Å². The van der Waals surface area contributed by atoms with Crippen molar-refractivity contribution in [1.82, 2.24) is 14.5 Å². The third-order valence-corrected chi connectivity index (χ3v) is 6.19. The number of pyridine rings is 1. The number of anilines is 1. The smallest absolute Gasteiger partial charge is 0.238 e. The lowest BCUT2D eigenvalue weighted by Crippen LogP contribution is -2.14. The number of aryl methyl sites for hydroxylation is 3. The molecule has 0 aliphatic rings. The third kappa shape index (κ3) is 4.49. The Kier molecular flexibility index (Phi) is 5.94. The second kappa shape index (κ2) is 8.68. The van der Waals surface area contributed by atoms with E-state index in [1.807, 2.05) is 41.8 Å². The Labute approximate surface area is 186 Å². The molecule has 1 amide bonds. The maximum atomic E-state index is 12.7. The van der Waals surface area contributed by atoms with Gasteiger partial charge in [0.1, 0.15) is 5.82 Å². The summed E-state index contributed by atoms with van der Waals surface area (Å²) in [7, 11) is -3.81. The Morgan fingerprint density at radius 1 is 1.12 bits per heavy atom. The molecule has 2 heterocycles. The number of fused-ring (bicyclic) bond motifs is 2. The lowest BCUT2D eigenvalue weighted by molar-refractivity contribution is -0.116. The highest BCUT2D eigenvalue weighted by molar-refractivity contribution is 7.89. The number of rotatable bonds is 7. The highest BCUT2D eigenvalue weighted by Crippen LogP contribution is 2.23. The van der Waals surface area contributed by atoms with Crippen LogP contribution in [0, 0.1) is 6.92 Å². The van der Waals surface area contributed by atoms with Crippen molar-refractivity contribution in [3.05, 3.63) is 60.0 Å². The van der Waals surface area contributed by atoms with Crippen molar-refractivity contribution in [2.24, 2.45) is 5.14 Å². The summed E-state index contributed by atoms with van der Waals surface area (Å²) in [5.74, 6) is 0.594. The maximum absolute atomic E-state index is 12.7. The zero-order valence-corrected chi connectivity index (χ0v) is 18.8. The van der Waals surface area contributed by atoms with Gasteiger partial charge in [0.25, 0.3) is 0 Å². The van der Waals surface area contributed by atoms with Crippen LogP contribution in [-0.2, 0) is 27.8 Å². The van der Waals surface area contributed by atoms with Crippen LogP contribution in [0.4, 0.5) is 5.69 Å². The van der Waals surface area contributed by atoms with Gasteiger partial charge in [0.2, 0.25) is 15.9 Å². The molecule has 4 aromatic rings. The van der Waals surface area contributed by atoms with Crippen LogP contribution in [0.3, 0.4) is 0 Å². The summed E-state index contributed by atoms with van der Waals surface area (Å²) in [6.07, 6.45) is 1.53. The molecule has 0 unspecified atom stereocenters. The van der Waals surface area contributed by atoms with Crippen molar-refractivity contribution in [3.8, 4) is 0 Å². The monoisotopic (exact) mass is 451 g/mol. The van der Waals surface area contributed by atoms with E-state index >= 15 is 0 Å². The van der Waals surface area contributed by atoms with Crippen LogP contribution in [0.25, 0.3) is 21.9 Å². The number of nitrogens with one attached hydrogen (secondary N) is 1. The average molecular weight is 452 g/mol. The van der Waals surface area contributed by atoms with Crippen molar-refractivity contribution >= 4 is 43.6 Å². The number of amides is 1. The Bertz CT molecular complexity index is 1430. The summed E-state index contributed by atoms with van der Waals surface area (Å²) in [5.41, 5.74) is 3.69. The number of nitrogens with zero attached hydrogens (tertiary/aromatic N) is 3. The SMILES string of the molecule is CCCn1c(CCC(=O)Nc2cccc3ccc(C)nc23)nc2cc(S(N)(=O)=O)ccc21. The number of hydrogen-bond acceptors (Lipinski definition) is 5. The molecule has 0 bridgehead atoms. The summed E-state index contributed by atoms with van der Waals surface area (Å²) in [6, 6.07) is 14.3. The van der Waals surface area contributed by atoms with E-state index in [0.29, 0.717) is 24.2 Å². The van der Waals surface area contributed by atoms with Crippen LogP contribution in [-0.4, -0.2) is 28.9 Å². The standard InChI is InChI=1S/C23H25N5O3S/c1-3-13-28-20-10-9-17(32(24,30)31)14-19(20)26-21(28)11-12-22(29)27-18-6-4-5-16-8-7-15(2)25-23(16)18/h4-10,14H,3,11-13H2,1-2H3,(H,27,29)(H2,24,30,31). The predicted octanol–water partition coefficient (Wildman–Crippen LogP) is 3.52. The summed E-state index contributed by atoms with van der Waals surface area (Å²) in [6.45, 7) is 4.68. The number of imidazole rings is 1. The zero-order chi connectivity index (χ0) is 22.9. The molecular formula is C23H25N5O3S. The summed E-state index contributed by atoms with van der Waals surface area (Å²) in [4.78, 5) is 21.9. The summed E-state index contributed by atoms with van der Waals surface area (Å²) < 4.78 is 25.4. The molecule has 0 fully saturated rings. The van der Waals surface area contributed by atoms with Crippen LogP contribution in [0.1, 0.15) is 31.3 Å². The van der Waals surface area contributed by atoms with E-state index in [0.717, 1.165) is 34.4 Å². The van der Waals surface area contributed by atoms with E-state index < -0.39 is 10.0 Å². The van der Waals surface area contributed by atoms with Crippen molar-refractivity contribution < 1.29 is 13.2 Å². The fourth-order valence-corrected chi connectivity index (χ4v) is 4.32. The normalized spacial score (nSPS) is 11.8. The largest absolute Gasteiger partial charge is 0.328 e. The zero-order valence-electron chi connectivity index (χ0n) is 18.0. The molecule has 0 saturated carbocycles. The second-order valence-electron chi connectivity index (χ2n) is 7.75. The molecule has 32 heavy (non-hydrogen) atoms. The summed E-state index contributed by atoms with van der Waals surface area (Å²) in [5, 5.41) is 9.18. The van der Waals surface area contributed by atoms with E-state index in [9.17, 15) is 13.2 Å². The van der Waals surface area contributed by atoms with E-state index in [-0.39, 0.29) is 17.2 Å². The number of para-hydroxylation sites is 1. The molecule has 166 valence electrons. The number of sulfonamides is 1. The van der Waals surface area contributed by atoms with E-state index in [4.69, 9.17) is 5.14 Å². The van der Waals surface area contributed by atoms with Gasteiger partial charge in [-0.25, -0.2) is 18.5 Å². The molecule has 0 aliphatic heterocycles. The minimum absolute atomic E-state index is 0.0224. The molecule has 0 aliphatic carbocycles. The third-order valence-electron chi connectivity index (χ3n) is 5.28. The molecule has 3 N–H and O–H groups in total. The first-order chi connectivity index (χ1) is 15.3. The number of primary sulfonamides is 1. The molecule has 2 aromatic heterocycles. The van der Waals surface area contributed by atoms with Crippen molar-refractivity contribution in [2.75, 3.05) is 5.32 Å². The Hall–Kier alpha value is -3.30. The van der Waals surface area contributed by atoms with Gasteiger partial charge < -0.3 is 9.88 Å². The predicted molar refractivity (Wildman–Crippen MR) is 125 cm³/mol. The van der Waals surface area contributed by atoms with Crippen LogP contribution >= 0.6 is 0 Å². The molecule has 0 saturated heterocycles. The minimum Gasteiger partial charge on any atom is -0.328 e. The number of nitrogens with two attached hydrogens (primary N) is 1. The quantitative estimate of drug-likeness (QED) is 0.445. The Morgan fingerprint density at radius 3 is 2.69 bits per heavy atom. The molecule has 8 nitrogen and oxygen atoms in total. The topological polar surface area (TPSA) is 120 Å². The van der Waals surface area contributed by atoms with Gasteiger partial charge in [0.05, 0.1) is 27.1 Å². The Balaban J connectivity index is 1.56. The van der Waals surface area contributed by atoms with E-state index in [2.05, 4.69) is 22.2 Å². The highest BCUT2D eigenvalue weighted by Gasteiger charge is 2.16. The molecule has 9 heteroatoms. The highest BCUT2D eigenvalue weighted by atomic mass is 32.2. The van der Waals surface area contributed by atoms with Crippen LogP contribution in [0.15, 0.2) is 53.4 Å². The van der Waals surface area contributed by atoms with Gasteiger partial charge in [-0.2, -0.15) is 0 Å². The van der Waals surface area contributed by atoms with Gasteiger partial charge in [0.15, 0.2) is 0 Å². The molecule has 4 rings (SSSR count). The fraction of sp³-hybridized carbons (Fsp3) is 0.261. The van der Waals surface area contributed by atoms with Crippen LogP contribution in [0.5, 0.6) is 0 Å². The van der Waals surface area contributed by atoms with Crippen molar-refractivity contribution in [1.29, 1.82) is 0 Å². The Morgan fingerprint density at radius 2 is 1.94 bits per heavy atom. The first-order valence-corrected chi connectivity index (χ1v) is 12.0. The second-order valence-corrected chi connectivity index (χ2v) is 9.31. The number of aromatic nitrogens is 3. The number of hydrogen-bond donors (Lipinski definition) is 2. The number of carbonyl (C=O) groups excluding carboxylic acids is 1. The van der Waals surface area contributed by atoms with Gasteiger partial charge in [-0.05, 0) is 43.7 Å². The number of benzene rings is 2. The average Bonchev–Trinajstić information content (AvgIpc) is 3.09. The van der Waals surface area contributed by atoms with Crippen LogP contribution < -0.4 is 10.5 Å². The first-order valence-electron chi connectivity index (χ1n) is 10.4. The fourth-order valence-electron chi connectivity index (χ4n) is 3.78. The van der Waals surface area contributed by atoms with Gasteiger partial charge >= 0.3 is 0 Å². The lowest BCUT2D eigenvalue weighted by Gasteiger charge is -2.10. The molecule has 0 spiro atoms. The lowest BCUT2D eigenvalue weighted by atomic mass is 10.1. The number of carbonyl (C=O) groups is 1. The van der Waals surface area contributed by atoms with E-state index in [1.165, 1.54) is 12.1 Å². The minimum atomic E-state index is -3.81. The summed E-state index contributed by atoms with van der Waals surface area (Å²) >= 11 is 0. The van der Waals surface area contributed by atoms with Gasteiger partial charge in [-0.1, -0.05) is 25.1 Å². The van der Waals surface area contributed by atoms with E-state index in [1.54, 1.807) is 6.07 Å². The van der Waals surface area contributed by atoms with Gasteiger partial charge in [0, 0.05) is 30.5 Å². The molecular weight excluding hydrogens is 426 g/mol. The van der Waals surface area contributed by atoms with Crippen molar-refractivity contribution in [3.63, 3.8) is 0 Å². The van der Waals surface area contributed by atoms with Crippen molar-refractivity contribution in [2.45, 2.75) is 44.6 Å². The molecule has 2 aromatic carbocycles. The first kappa shape index (κ1) is 21.9.